The molecule has 0 radical (unpaired) electrons. The van der Waals surface area contributed by atoms with Crippen molar-refractivity contribution in [1.29, 1.82) is 0 Å². The quantitative estimate of drug-likeness (QED) is 0.770. The molecule has 1 unspecified atom stereocenters. The molecule has 2 heterocycles. The number of nitrogens with one attached hydrogen (secondary N) is 1. The Balaban J connectivity index is 1.51. The van der Waals surface area contributed by atoms with Crippen LogP contribution in [-0.4, -0.2) is 37.8 Å². The number of nitrogens with zero attached hydrogens (tertiary/aromatic N) is 1. The lowest BCUT2D eigenvalue weighted by Crippen LogP contribution is -2.44. The number of thiophene rings is 1. The molecule has 7 heteroatoms. The number of hydrogen-bond donors (Lipinski definition) is 1. The molecule has 0 spiro atoms. The van der Waals surface area contributed by atoms with Crippen LogP contribution in [0.1, 0.15) is 58.3 Å². The highest BCUT2D eigenvalue weighted by molar-refractivity contribution is 7.91. The van der Waals surface area contributed by atoms with Gasteiger partial charge in [0.15, 0.2) is 0 Å². The van der Waals surface area contributed by atoms with Gasteiger partial charge in [0, 0.05) is 25.0 Å². The maximum absolute atomic E-state index is 12.6. The van der Waals surface area contributed by atoms with Gasteiger partial charge in [0.2, 0.25) is 5.91 Å². The van der Waals surface area contributed by atoms with Crippen LogP contribution < -0.4 is 5.32 Å². The second-order valence-corrected chi connectivity index (χ2v) is 10.8. The highest BCUT2D eigenvalue weighted by Crippen LogP contribution is 2.30. The van der Waals surface area contributed by atoms with Crippen molar-refractivity contribution in [1.82, 2.24) is 9.62 Å². The van der Waals surface area contributed by atoms with E-state index in [2.05, 4.69) is 5.32 Å². The van der Waals surface area contributed by atoms with E-state index < -0.39 is 10.0 Å². The average molecular weight is 399 g/mol. The van der Waals surface area contributed by atoms with Crippen LogP contribution in [0, 0.1) is 11.8 Å². The number of piperidine rings is 1. The van der Waals surface area contributed by atoms with Gasteiger partial charge in [-0.3, -0.25) is 4.79 Å². The maximum Gasteiger partial charge on any atom is 0.252 e. The molecule has 3 rings (SSSR count). The summed E-state index contributed by atoms with van der Waals surface area (Å²) >= 11 is 1.26. The molecule has 1 saturated heterocycles. The van der Waals surface area contributed by atoms with Gasteiger partial charge in [0.25, 0.3) is 10.0 Å². The monoisotopic (exact) mass is 398 g/mol. The smallest absolute Gasteiger partial charge is 0.252 e. The van der Waals surface area contributed by atoms with E-state index in [0.29, 0.717) is 23.3 Å². The Morgan fingerprint density at radius 1 is 1.15 bits per heavy atom. The van der Waals surface area contributed by atoms with Crippen molar-refractivity contribution < 1.29 is 13.2 Å². The highest BCUT2D eigenvalue weighted by atomic mass is 32.2. The molecule has 1 N–H and O–H groups in total. The first-order chi connectivity index (χ1) is 12.5. The molecule has 0 aromatic carbocycles. The van der Waals surface area contributed by atoms with Crippen molar-refractivity contribution in [3.8, 4) is 0 Å². The van der Waals surface area contributed by atoms with Crippen molar-refractivity contribution in [3.63, 3.8) is 0 Å². The fraction of sp³-hybridized carbons (Fsp3) is 0.737. The molecule has 2 aliphatic rings. The molecule has 0 bridgehead atoms. The lowest BCUT2D eigenvalue weighted by Gasteiger charge is -2.34. The summed E-state index contributed by atoms with van der Waals surface area (Å²) in [7, 11) is -3.36. The highest BCUT2D eigenvalue weighted by Gasteiger charge is 2.34. The Morgan fingerprint density at radius 2 is 1.81 bits per heavy atom. The summed E-state index contributed by atoms with van der Waals surface area (Å²) in [6, 6.07) is 3.76. The van der Waals surface area contributed by atoms with E-state index in [1.165, 1.54) is 37.0 Å². The Labute approximate surface area is 161 Å². The van der Waals surface area contributed by atoms with E-state index in [1.807, 2.05) is 6.92 Å². The van der Waals surface area contributed by atoms with E-state index in [1.54, 1.807) is 21.8 Å². The van der Waals surface area contributed by atoms with Gasteiger partial charge >= 0.3 is 0 Å². The van der Waals surface area contributed by atoms with Crippen molar-refractivity contribution in [2.75, 3.05) is 13.1 Å². The zero-order chi connectivity index (χ0) is 18.6. The molecular weight excluding hydrogens is 368 g/mol. The second kappa shape index (κ2) is 8.85. The third-order valence-electron chi connectivity index (χ3n) is 5.91. The molecule has 2 fully saturated rings. The van der Waals surface area contributed by atoms with Gasteiger partial charge < -0.3 is 5.32 Å². The molecule has 146 valence electrons. The summed E-state index contributed by atoms with van der Waals surface area (Å²) in [5, 5.41) is 5.04. The predicted octanol–water partition coefficient (Wildman–Crippen LogP) is 3.62. The van der Waals surface area contributed by atoms with Crippen LogP contribution in [-0.2, 0) is 14.8 Å². The molecule has 1 amide bonds. The maximum atomic E-state index is 12.6. The van der Waals surface area contributed by atoms with E-state index in [-0.39, 0.29) is 17.7 Å². The lowest BCUT2D eigenvalue weighted by molar-refractivity contribution is -0.127. The van der Waals surface area contributed by atoms with Gasteiger partial charge in [-0.1, -0.05) is 38.7 Å². The zero-order valence-corrected chi connectivity index (χ0v) is 17.2. The van der Waals surface area contributed by atoms with E-state index >= 15 is 0 Å². The molecule has 1 aromatic heterocycles. The van der Waals surface area contributed by atoms with Gasteiger partial charge in [-0.15, -0.1) is 11.3 Å². The van der Waals surface area contributed by atoms with E-state index in [4.69, 9.17) is 0 Å². The van der Waals surface area contributed by atoms with Crippen LogP contribution in [0.5, 0.6) is 0 Å². The summed E-state index contributed by atoms with van der Waals surface area (Å²) in [4.78, 5) is 12.6. The number of rotatable bonds is 5. The molecule has 1 saturated carbocycles. The molecule has 26 heavy (non-hydrogen) atoms. The normalized spacial score (nSPS) is 22.7. The van der Waals surface area contributed by atoms with Gasteiger partial charge in [-0.25, -0.2) is 8.42 Å². The van der Waals surface area contributed by atoms with Gasteiger partial charge in [0.1, 0.15) is 4.21 Å². The van der Waals surface area contributed by atoms with Crippen LogP contribution in [0.25, 0.3) is 0 Å². The Bertz CT molecular complexity index is 672. The second-order valence-electron chi connectivity index (χ2n) is 7.66. The zero-order valence-electron chi connectivity index (χ0n) is 15.5. The van der Waals surface area contributed by atoms with Crippen molar-refractivity contribution >= 4 is 27.3 Å². The van der Waals surface area contributed by atoms with Crippen LogP contribution in [0.4, 0.5) is 0 Å². The summed E-state index contributed by atoms with van der Waals surface area (Å²) in [6.07, 6.45) is 8.66. The Kier molecular flexibility index (Phi) is 6.75. The van der Waals surface area contributed by atoms with Gasteiger partial charge in [0.05, 0.1) is 0 Å². The fourth-order valence-corrected chi connectivity index (χ4v) is 6.74. The molecule has 1 aliphatic heterocycles. The third kappa shape index (κ3) is 4.67. The first-order valence-electron chi connectivity index (χ1n) is 9.82. The fourth-order valence-electron chi connectivity index (χ4n) is 4.12. The van der Waals surface area contributed by atoms with Crippen LogP contribution in [0.3, 0.4) is 0 Å². The van der Waals surface area contributed by atoms with E-state index in [9.17, 15) is 13.2 Å². The molecule has 1 aliphatic carbocycles. The van der Waals surface area contributed by atoms with Gasteiger partial charge in [-0.05, 0) is 43.0 Å². The van der Waals surface area contributed by atoms with Crippen LogP contribution in [0.15, 0.2) is 21.7 Å². The summed E-state index contributed by atoms with van der Waals surface area (Å²) < 4.78 is 27.2. The van der Waals surface area contributed by atoms with Crippen LogP contribution >= 0.6 is 11.3 Å². The molecule has 1 atom stereocenters. The topological polar surface area (TPSA) is 66.5 Å². The van der Waals surface area contributed by atoms with Crippen molar-refractivity contribution in [2.45, 2.75) is 68.5 Å². The summed E-state index contributed by atoms with van der Waals surface area (Å²) in [5.41, 5.74) is 0. The number of sulfonamides is 1. The largest absolute Gasteiger partial charge is 0.353 e. The minimum Gasteiger partial charge on any atom is -0.353 e. The number of carbonyl (C=O) groups excluding carboxylic acids is 1. The van der Waals surface area contributed by atoms with E-state index in [0.717, 1.165) is 25.7 Å². The molecule has 1 aromatic rings. The molecule has 5 nitrogen and oxygen atoms in total. The lowest BCUT2D eigenvalue weighted by atomic mass is 9.85. The number of amides is 1. The first kappa shape index (κ1) is 19.8. The van der Waals surface area contributed by atoms with Crippen molar-refractivity contribution in [3.05, 3.63) is 17.5 Å². The summed E-state index contributed by atoms with van der Waals surface area (Å²) in [6.45, 7) is 3.01. The van der Waals surface area contributed by atoms with Crippen molar-refractivity contribution in [2.24, 2.45) is 11.8 Å². The third-order valence-corrected chi connectivity index (χ3v) is 9.18. The standard InChI is InChI=1S/C19H30N2O3S2/c1-15(19(22)20-17-7-4-2-3-5-8-17)16-10-12-21(13-11-16)26(23,24)18-9-6-14-25-18/h6,9,14-17H,2-5,7-8,10-13H2,1H3,(H,20,22). The molecular formula is C19H30N2O3S2. The van der Waals surface area contributed by atoms with Crippen LogP contribution in [0.2, 0.25) is 0 Å². The number of hydrogen-bond acceptors (Lipinski definition) is 4. The van der Waals surface area contributed by atoms with Gasteiger partial charge in [-0.2, -0.15) is 4.31 Å². The SMILES string of the molecule is CC(C(=O)NC1CCCCCC1)C1CCN(S(=O)(=O)c2cccs2)CC1. The Morgan fingerprint density at radius 3 is 2.38 bits per heavy atom. The number of carbonyl (C=O) groups is 1. The minimum absolute atomic E-state index is 0.0511. The first-order valence-corrected chi connectivity index (χ1v) is 12.1. The predicted molar refractivity (Wildman–Crippen MR) is 105 cm³/mol. The Hall–Kier alpha value is -0.920. The summed E-state index contributed by atoms with van der Waals surface area (Å²) in [5.74, 6) is 0.358. The average Bonchev–Trinajstić information content (AvgIpc) is 3.08. The minimum atomic E-state index is -3.36.